The predicted octanol–water partition coefficient (Wildman–Crippen LogP) is -6.87. The molecule has 0 aliphatic carbocycles. The van der Waals surface area contributed by atoms with E-state index < -0.39 is 151 Å². The number of aliphatic hydroxyl groups is 2. The van der Waals surface area contributed by atoms with Gasteiger partial charge in [0, 0.05) is 73.2 Å². The molecule has 602 valence electrons. The molecule has 40 heteroatoms. The molecule has 0 saturated carbocycles. The number of H-pyrrole nitrogens is 2. The normalized spacial score (nSPS) is 14.2. The van der Waals surface area contributed by atoms with Gasteiger partial charge in [0.2, 0.25) is 65.0 Å². The summed E-state index contributed by atoms with van der Waals surface area (Å²) in [6.45, 7) is 5.04. The number of primary amides is 1. The number of hydrogen-bond donors (Lipinski definition) is 25. The molecule has 109 heavy (non-hydrogen) atoms. The van der Waals surface area contributed by atoms with E-state index in [-0.39, 0.29) is 133 Å². The summed E-state index contributed by atoms with van der Waals surface area (Å²) in [5, 5.41) is 48.4. The Hall–Kier alpha value is -11.4. The molecule has 0 aliphatic rings. The Bertz CT molecular complexity index is 3790. The lowest BCUT2D eigenvalue weighted by Gasteiger charge is -2.29. The van der Waals surface area contributed by atoms with E-state index in [1.54, 1.807) is 70.4 Å². The lowest BCUT2D eigenvalue weighted by atomic mass is 9.99. The second-order valence-electron chi connectivity index (χ2n) is 27.0. The zero-order valence-electron chi connectivity index (χ0n) is 62.2. The third kappa shape index (κ3) is 31.5. The molecule has 2 aromatic carbocycles. The van der Waals surface area contributed by atoms with Gasteiger partial charge in [-0.3, -0.25) is 72.7 Å². The zero-order valence-corrected chi connectivity index (χ0v) is 62.2. The van der Waals surface area contributed by atoms with Crippen LogP contribution in [0.1, 0.15) is 116 Å². The smallest absolute Gasteiger partial charge is 0.245 e. The molecular weight excluding hydrogens is 1410 g/mol. The van der Waals surface area contributed by atoms with Crippen molar-refractivity contribution in [2.45, 2.75) is 184 Å². The number of aromatic amines is 2. The third-order valence-electron chi connectivity index (χ3n) is 17.3. The Morgan fingerprint density at radius 2 is 0.706 bits per heavy atom. The Labute approximate surface area is 631 Å². The molecule has 0 spiro atoms. The summed E-state index contributed by atoms with van der Waals surface area (Å²) in [6, 6.07) is -1.79. The highest BCUT2D eigenvalue weighted by molar-refractivity contribution is 6.00. The number of aliphatic imine (C=N–C) groups is 4. The van der Waals surface area contributed by atoms with Gasteiger partial charge in [-0.15, -0.1) is 0 Å². The van der Waals surface area contributed by atoms with E-state index in [1.165, 1.54) is 0 Å². The first-order valence-electron chi connectivity index (χ1n) is 36.1. The van der Waals surface area contributed by atoms with E-state index in [9.17, 15) is 53.4 Å². The largest absolute Gasteiger partial charge is 0.394 e. The van der Waals surface area contributed by atoms with E-state index in [2.05, 4.69) is 83.1 Å². The van der Waals surface area contributed by atoms with Crippen molar-refractivity contribution in [2.24, 2.45) is 94.9 Å². The standard InChI is InChI=1S/C69H113N27O13/c1-36(2)29-50(92-64(108)52(34-97)94-56(100)42(71)17-9-10-24-70)62(106)96-54(37(3)4)65(109)90-48(23-14-28-84-69(79)80)57(101)87-46(21-12-26-82-67(75)76)59(103)93-51(31-39-33-86-44-19-8-6-16-41(39)44)61(105)88-47(22-13-27-83-68(77)78)60(104)95-53(35-98)63(107)89-45(20-11-25-81-66(73)74)58(102)91-49(55(72)99)30-38-32-85-43-18-7-5-15-40(38)43/h5-8,15-16,18-19,32-33,36-37,42,45-54,85-86,97-98H,9-14,17,20-31,34-35,70-71H2,1-4H3,(H2,72,99)(H,87,101)(H,88,105)(H,89,107)(H,90,109)(H,91,102)(H,92,108)(H,93,103)(H,94,100)(H,95,104)(H,96,106)(H4,73,74,81)(H4,75,76,82)(H4,77,78,83)(H4,79,80,84)/t42-,45-,46-,47-,48-,49-,50-,51-,52-,53-,54-/m0/s1. The fraction of sp³-hybridized carbons (Fsp3) is 0.551. The van der Waals surface area contributed by atoms with Crippen LogP contribution in [0.4, 0.5) is 0 Å². The van der Waals surface area contributed by atoms with Gasteiger partial charge >= 0.3 is 0 Å². The van der Waals surface area contributed by atoms with Crippen molar-refractivity contribution in [3.63, 3.8) is 0 Å². The van der Waals surface area contributed by atoms with E-state index >= 15 is 9.59 Å². The Balaban J connectivity index is 1.70. The summed E-state index contributed by atoms with van der Waals surface area (Å²) in [7, 11) is 0. The molecule has 2 aromatic heterocycles. The van der Waals surface area contributed by atoms with Gasteiger partial charge in [0.25, 0.3) is 0 Å². The number of guanidine groups is 4. The maximum atomic E-state index is 15.2. The predicted molar refractivity (Wildman–Crippen MR) is 411 cm³/mol. The number of carbonyl (C=O) groups excluding carboxylic acids is 11. The molecule has 0 unspecified atom stereocenters. The molecular formula is C69H113N27O13. The van der Waals surface area contributed by atoms with Crippen LogP contribution < -0.4 is 116 Å². The highest BCUT2D eigenvalue weighted by Crippen LogP contribution is 2.22. The van der Waals surface area contributed by atoms with Crippen molar-refractivity contribution in [2.75, 3.05) is 45.9 Å². The maximum Gasteiger partial charge on any atom is 0.245 e. The lowest BCUT2D eigenvalue weighted by molar-refractivity contribution is -0.137. The number of nitrogens with one attached hydrogen (secondary N) is 12. The van der Waals surface area contributed by atoms with Crippen molar-refractivity contribution in [1.29, 1.82) is 0 Å². The van der Waals surface area contributed by atoms with E-state index in [1.807, 2.05) is 18.2 Å². The molecule has 4 rings (SSSR count). The van der Waals surface area contributed by atoms with Gasteiger partial charge in [-0.25, -0.2) is 0 Å². The monoisotopic (exact) mass is 1530 g/mol. The first kappa shape index (κ1) is 90.0. The van der Waals surface area contributed by atoms with Gasteiger partial charge in [-0.1, -0.05) is 70.5 Å². The molecule has 36 N–H and O–H groups in total. The van der Waals surface area contributed by atoms with Crippen molar-refractivity contribution in [3.05, 3.63) is 72.1 Å². The number of hydrogen-bond acceptors (Lipinski definition) is 19. The van der Waals surface area contributed by atoms with Crippen LogP contribution in [0.25, 0.3) is 21.8 Å². The number of benzene rings is 2. The number of unbranched alkanes of at least 4 members (excludes halogenated alkanes) is 1. The molecule has 4 aromatic rings. The van der Waals surface area contributed by atoms with Crippen molar-refractivity contribution in [3.8, 4) is 0 Å². The first-order chi connectivity index (χ1) is 51.8. The molecule has 0 saturated heterocycles. The van der Waals surface area contributed by atoms with E-state index in [0.717, 1.165) is 10.9 Å². The molecule has 11 amide bonds. The van der Waals surface area contributed by atoms with Gasteiger partial charge in [0.05, 0.1) is 19.3 Å². The van der Waals surface area contributed by atoms with Gasteiger partial charge in [0.15, 0.2) is 23.8 Å². The van der Waals surface area contributed by atoms with Crippen LogP contribution in [0.3, 0.4) is 0 Å². The fourth-order valence-corrected chi connectivity index (χ4v) is 11.5. The Morgan fingerprint density at radius 1 is 0.385 bits per heavy atom. The number of fused-ring (bicyclic) bond motifs is 2. The summed E-state index contributed by atoms with van der Waals surface area (Å²) >= 11 is 0. The summed E-state index contributed by atoms with van der Waals surface area (Å²) < 4.78 is 0. The van der Waals surface area contributed by atoms with Crippen molar-refractivity contribution in [1.82, 2.24) is 63.1 Å². The third-order valence-corrected chi connectivity index (χ3v) is 17.3. The number of para-hydroxylation sites is 2. The zero-order chi connectivity index (χ0) is 80.9. The number of carbonyl (C=O) groups is 11. The first-order valence-corrected chi connectivity index (χ1v) is 36.1. The number of nitrogens with two attached hydrogens (primary N) is 11. The average Bonchev–Trinajstić information content (AvgIpc) is 1.71. The summed E-state index contributed by atoms with van der Waals surface area (Å²) in [6.07, 6.45) is 3.79. The van der Waals surface area contributed by atoms with Crippen LogP contribution in [-0.2, 0) is 65.6 Å². The lowest BCUT2D eigenvalue weighted by Crippen LogP contribution is -2.61. The Morgan fingerprint density at radius 3 is 1.07 bits per heavy atom. The second-order valence-corrected chi connectivity index (χ2v) is 27.0. The minimum absolute atomic E-state index is 0.00138. The fourth-order valence-electron chi connectivity index (χ4n) is 11.5. The summed E-state index contributed by atoms with van der Waals surface area (Å²) in [5.74, 6) is -12.2. The summed E-state index contributed by atoms with van der Waals surface area (Å²) in [5.41, 5.74) is 64.8. The average molecular weight is 1530 g/mol. The second kappa shape index (κ2) is 46.6. The van der Waals surface area contributed by atoms with Crippen LogP contribution >= 0.6 is 0 Å². The van der Waals surface area contributed by atoms with Gasteiger partial charge < -0.3 is 136 Å². The minimum atomic E-state index is -1.81. The molecule has 0 aliphatic heterocycles. The molecule has 11 atom stereocenters. The van der Waals surface area contributed by atoms with Crippen LogP contribution in [0.5, 0.6) is 0 Å². The molecule has 0 bridgehead atoms. The highest BCUT2D eigenvalue weighted by atomic mass is 16.3. The van der Waals surface area contributed by atoms with Gasteiger partial charge in [0.1, 0.15) is 60.4 Å². The number of amides is 11. The van der Waals surface area contributed by atoms with Gasteiger partial charge in [-0.05, 0) is 112 Å². The Kier molecular flexibility index (Phi) is 38.5. The quantitative estimate of drug-likeness (QED) is 0.0111. The molecule has 40 nitrogen and oxygen atoms in total. The van der Waals surface area contributed by atoms with Crippen molar-refractivity contribution < 1.29 is 63.0 Å². The van der Waals surface area contributed by atoms with E-state index in [4.69, 9.17) is 63.1 Å². The highest BCUT2D eigenvalue weighted by Gasteiger charge is 2.37. The van der Waals surface area contributed by atoms with Crippen LogP contribution in [-0.4, -0.2) is 221 Å². The summed E-state index contributed by atoms with van der Waals surface area (Å²) in [4.78, 5) is 179. The maximum absolute atomic E-state index is 15.2. The van der Waals surface area contributed by atoms with Crippen LogP contribution in [0.15, 0.2) is 80.9 Å². The molecule has 2 heterocycles. The number of rotatable bonds is 50. The minimum Gasteiger partial charge on any atom is -0.394 e. The SMILES string of the molecule is CC(C)C[C@H](NC(=O)[C@H](CO)NC(=O)[C@@H](N)CCCCN)C(=O)N[C@H](C(=O)N[C@@H](CCCN=C(N)N)C(=O)N[C@@H](CCCN=C(N)N)C(=O)N[C@@H](Cc1c[nH]c2ccccc12)C(=O)N[C@@H](CCCN=C(N)N)C(=O)N[C@@H](CO)C(=O)N[C@@H](CCCN=C(N)N)C(=O)N[C@@H](Cc1c[nH]c2ccccc12)C(N)=O)C(C)C. The van der Waals surface area contributed by atoms with Crippen LogP contribution in [0.2, 0.25) is 0 Å². The topological polar surface area (TPSA) is 716 Å². The van der Waals surface area contributed by atoms with Crippen molar-refractivity contribution >= 4 is 111 Å². The van der Waals surface area contributed by atoms with E-state index in [0.29, 0.717) is 41.4 Å². The van der Waals surface area contributed by atoms with Gasteiger partial charge in [-0.2, -0.15) is 0 Å². The molecule has 0 radical (unpaired) electrons. The number of aliphatic hydroxyl groups excluding tert-OH is 2. The van der Waals surface area contributed by atoms with Crippen LogP contribution in [0, 0.1) is 11.8 Å². The number of aromatic nitrogens is 2. The number of nitrogens with zero attached hydrogens (tertiary/aromatic N) is 4. The molecule has 0 fully saturated rings.